The van der Waals surface area contributed by atoms with E-state index in [0.717, 1.165) is 22.3 Å². The van der Waals surface area contributed by atoms with E-state index >= 15 is 0 Å². The lowest BCUT2D eigenvalue weighted by atomic mass is 9.99. The molecule has 0 amide bonds. The van der Waals surface area contributed by atoms with Crippen molar-refractivity contribution >= 4 is 34.1 Å². The zero-order valence-corrected chi connectivity index (χ0v) is 13.2. The first-order chi connectivity index (χ1) is 9.77. The van der Waals surface area contributed by atoms with E-state index in [1.807, 2.05) is 24.3 Å². The number of hydrogen-bond donors (Lipinski definition) is 0. The van der Waals surface area contributed by atoms with Gasteiger partial charge in [0.25, 0.3) is 0 Å². The average Bonchev–Trinajstić information content (AvgIpc) is 2.83. The molecule has 1 aliphatic carbocycles. The maximum Gasteiger partial charge on any atom is 0.335 e. The molecule has 3 heteroatoms. The minimum absolute atomic E-state index is 0.249. The molecule has 3 rings (SSSR count). The van der Waals surface area contributed by atoms with Gasteiger partial charge in [0.1, 0.15) is 0 Å². The van der Waals surface area contributed by atoms with E-state index in [9.17, 15) is 4.79 Å². The van der Waals surface area contributed by atoms with E-state index in [4.69, 9.17) is 4.74 Å². The van der Waals surface area contributed by atoms with Gasteiger partial charge < -0.3 is 4.74 Å². The van der Waals surface area contributed by atoms with Crippen molar-refractivity contribution in [1.29, 1.82) is 0 Å². The molecular formula is C17H13IO2. The largest absolute Gasteiger partial charge is 0.466 e. The lowest BCUT2D eigenvalue weighted by Gasteiger charge is -2.09. The zero-order valence-electron chi connectivity index (χ0n) is 11.0. The molecule has 0 saturated carbocycles. The summed E-state index contributed by atoms with van der Waals surface area (Å²) in [6, 6.07) is 16.4. The van der Waals surface area contributed by atoms with Crippen LogP contribution in [0.3, 0.4) is 0 Å². The molecule has 2 aromatic carbocycles. The Balaban J connectivity index is 2.36. The van der Waals surface area contributed by atoms with Crippen LogP contribution >= 0.6 is 22.6 Å². The predicted octanol–water partition coefficient (Wildman–Crippen LogP) is 4.08. The fraction of sp³-hybridized carbons (Fsp3) is 0.118. The normalized spacial score (nSPS) is 11.8. The van der Waals surface area contributed by atoms with Crippen molar-refractivity contribution in [2.75, 3.05) is 11.5 Å². The number of methoxy groups -OCH3 is 1. The fourth-order valence-electron chi connectivity index (χ4n) is 2.69. The molecule has 0 radical (unpaired) electrons. The summed E-state index contributed by atoms with van der Waals surface area (Å²) in [6.45, 7) is 0. The molecule has 0 aliphatic heterocycles. The number of fused-ring (bicyclic) bond motifs is 3. The number of ether oxygens (including phenoxy) is 1. The number of carbonyl (C=O) groups excluding carboxylic acids is 1. The average molecular weight is 376 g/mol. The van der Waals surface area contributed by atoms with E-state index in [2.05, 4.69) is 46.9 Å². The van der Waals surface area contributed by atoms with Crippen LogP contribution in [0.5, 0.6) is 0 Å². The Labute approximate surface area is 131 Å². The highest BCUT2D eigenvalue weighted by molar-refractivity contribution is 14.1. The van der Waals surface area contributed by atoms with Gasteiger partial charge in [-0.05, 0) is 22.3 Å². The first kappa shape index (κ1) is 13.4. The Bertz CT molecular complexity index is 669. The molecule has 1 aliphatic rings. The first-order valence-corrected chi connectivity index (χ1v) is 7.87. The Morgan fingerprint density at radius 2 is 1.40 bits per heavy atom. The number of carbonyl (C=O) groups is 1. The highest BCUT2D eigenvalue weighted by atomic mass is 127. The number of rotatable bonds is 2. The topological polar surface area (TPSA) is 26.3 Å². The zero-order chi connectivity index (χ0) is 14.1. The summed E-state index contributed by atoms with van der Waals surface area (Å²) < 4.78 is 5.57. The van der Waals surface area contributed by atoms with Crippen molar-refractivity contribution in [3.05, 3.63) is 65.2 Å². The van der Waals surface area contributed by atoms with Gasteiger partial charge in [-0.3, -0.25) is 0 Å². The van der Waals surface area contributed by atoms with Gasteiger partial charge in [0.2, 0.25) is 0 Å². The second-order valence-electron chi connectivity index (χ2n) is 4.57. The van der Waals surface area contributed by atoms with Gasteiger partial charge in [-0.1, -0.05) is 71.1 Å². The molecule has 20 heavy (non-hydrogen) atoms. The van der Waals surface area contributed by atoms with E-state index in [1.165, 1.54) is 18.2 Å². The Hall–Kier alpha value is -1.62. The van der Waals surface area contributed by atoms with Gasteiger partial charge in [-0.2, -0.15) is 0 Å². The number of alkyl halides is 1. The third kappa shape index (κ3) is 1.97. The minimum Gasteiger partial charge on any atom is -0.466 e. The quantitative estimate of drug-likeness (QED) is 0.292. The van der Waals surface area contributed by atoms with Gasteiger partial charge in [0.15, 0.2) is 0 Å². The standard InChI is InChI=1S/C17H13IO2/c1-20-17(19)15(10-18)16-13-8-4-2-6-11(13)12-7-3-5-9-14(12)16/h2-9H,10H2,1H3. The molecule has 0 N–H and O–H groups in total. The summed E-state index contributed by atoms with van der Waals surface area (Å²) in [4.78, 5) is 12.1. The molecule has 0 aromatic heterocycles. The summed E-state index contributed by atoms with van der Waals surface area (Å²) in [5.41, 5.74) is 6.34. The van der Waals surface area contributed by atoms with Crippen LogP contribution in [0.1, 0.15) is 11.1 Å². The van der Waals surface area contributed by atoms with Crippen molar-refractivity contribution < 1.29 is 9.53 Å². The third-order valence-electron chi connectivity index (χ3n) is 3.55. The van der Waals surface area contributed by atoms with Crippen molar-refractivity contribution in [3.63, 3.8) is 0 Å². The van der Waals surface area contributed by atoms with Crippen LogP contribution in [-0.4, -0.2) is 17.5 Å². The number of esters is 1. The van der Waals surface area contributed by atoms with Crippen LogP contribution < -0.4 is 0 Å². The molecule has 0 bridgehead atoms. The second-order valence-corrected chi connectivity index (χ2v) is 5.33. The summed E-state index contributed by atoms with van der Waals surface area (Å²) in [7, 11) is 1.43. The Kier molecular flexibility index (Phi) is 3.61. The van der Waals surface area contributed by atoms with Crippen LogP contribution in [-0.2, 0) is 9.53 Å². The van der Waals surface area contributed by atoms with E-state index < -0.39 is 0 Å². The van der Waals surface area contributed by atoms with Gasteiger partial charge in [-0.25, -0.2) is 4.79 Å². The van der Waals surface area contributed by atoms with E-state index in [-0.39, 0.29) is 5.97 Å². The molecule has 0 fully saturated rings. The van der Waals surface area contributed by atoms with Crippen molar-refractivity contribution in [1.82, 2.24) is 0 Å². The van der Waals surface area contributed by atoms with Gasteiger partial charge >= 0.3 is 5.97 Å². The molecule has 2 aromatic rings. The molecule has 0 saturated heterocycles. The highest BCUT2D eigenvalue weighted by Gasteiger charge is 2.27. The monoisotopic (exact) mass is 376 g/mol. The molecular weight excluding hydrogens is 363 g/mol. The molecule has 0 unspecified atom stereocenters. The first-order valence-electron chi connectivity index (χ1n) is 6.34. The molecule has 2 nitrogen and oxygen atoms in total. The third-order valence-corrected chi connectivity index (χ3v) is 4.31. The summed E-state index contributed by atoms with van der Waals surface area (Å²) >= 11 is 2.22. The molecule has 100 valence electrons. The fourth-order valence-corrected chi connectivity index (χ4v) is 3.38. The maximum atomic E-state index is 12.1. The molecule has 0 atom stereocenters. The summed E-state index contributed by atoms with van der Waals surface area (Å²) in [5.74, 6) is -0.249. The summed E-state index contributed by atoms with van der Waals surface area (Å²) in [6.07, 6.45) is 0. The minimum atomic E-state index is -0.249. The Morgan fingerprint density at radius 3 is 1.80 bits per heavy atom. The van der Waals surface area contributed by atoms with Gasteiger partial charge in [-0.15, -0.1) is 0 Å². The summed E-state index contributed by atoms with van der Waals surface area (Å²) in [5, 5.41) is 0. The number of benzene rings is 2. The number of halogens is 1. The van der Waals surface area contributed by atoms with Crippen LogP contribution in [0.15, 0.2) is 54.1 Å². The van der Waals surface area contributed by atoms with Crippen LogP contribution in [0.4, 0.5) is 0 Å². The van der Waals surface area contributed by atoms with Crippen LogP contribution in [0.2, 0.25) is 0 Å². The molecule has 0 heterocycles. The van der Waals surface area contributed by atoms with Gasteiger partial charge in [0.05, 0.1) is 12.7 Å². The van der Waals surface area contributed by atoms with E-state index in [0.29, 0.717) is 4.43 Å². The smallest absolute Gasteiger partial charge is 0.335 e. The highest BCUT2D eigenvalue weighted by Crippen LogP contribution is 2.45. The van der Waals surface area contributed by atoms with Crippen molar-refractivity contribution in [2.24, 2.45) is 0 Å². The SMILES string of the molecule is COC(=O)C(CI)=C1c2ccccc2-c2ccccc21. The number of hydrogen-bond acceptors (Lipinski definition) is 2. The van der Waals surface area contributed by atoms with Gasteiger partial charge in [0, 0.05) is 10.0 Å². The van der Waals surface area contributed by atoms with Crippen LogP contribution in [0, 0.1) is 0 Å². The van der Waals surface area contributed by atoms with Crippen molar-refractivity contribution in [3.8, 4) is 11.1 Å². The van der Waals surface area contributed by atoms with E-state index in [1.54, 1.807) is 0 Å². The maximum absolute atomic E-state index is 12.1. The van der Waals surface area contributed by atoms with Crippen molar-refractivity contribution in [2.45, 2.75) is 0 Å². The van der Waals surface area contributed by atoms with Crippen LogP contribution in [0.25, 0.3) is 16.7 Å². The second kappa shape index (κ2) is 5.40. The Morgan fingerprint density at radius 1 is 0.950 bits per heavy atom. The lowest BCUT2D eigenvalue weighted by Crippen LogP contribution is -2.08. The molecule has 0 spiro atoms. The lowest BCUT2D eigenvalue weighted by molar-refractivity contribution is -0.135. The predicted molar refractivity (Wildman–Crippen MR) is 88.8 cm³/mol.